The summed E-state index contributed by atoms with van der Waals surface area (Å²) in [4.78, 5) is 4.49. The molecule has 96 valence electrons. The van der Waals surface area contributed by atoms with Crippen LogP contribution in [0.4, 0.5) is 0 Å². The molecule has 1 aromatic heterocycles. The lowest BCUT2D eigenvalue weighted by Gasteiger charge is -2.12. The van der Waals surface area contributed by atoms with Gasteiger partial charge in [0.1, 0.15) is 5.82 Å². The molecule has 3 N–H and O–H groups in total. The number of benzene rings is 1. The van der Waals surface area contributed by atoms with Crippen molar-refractivity contribution >= 4 is 0 Å². The van der Waals surface area contributed by atoms with Gasteiger partial charge in [-0.3, -0.25) is 5.10 Å². The Labute approximate surface area is 108 Å². The summed E-state index contributed by atoms with van der Waals surface area (Å²) < 4.78 is 0. The molecule has 0 aliphatic heterocycles. The van der Waals surface area contributed by atoms with Crippen LogP contribution in [-0.2, 0) is 11.8 Å². The molecule has 0 spiro atoms. The van der Waals surface area contributed by atoms with Gasteiger partial charge in [-0.1, -0.05) is 51.1 Å². The maximum Gasteiger partial charge on any atom is 0.156 e. The second-order valence-electron chi connectivity index (χ2n) is 5.59. The fourth-order valence-electron chi connectivity index (χ4n) is 1.74. The Bertz CT molecular complexity index is 496. The molecule has 1 aromatic carbocycles. The first kappa shape index (κ1) is 12.8. The van der Waals surface area contributed by atoms with E-state index in [0.717, 1.165) is 18.1 Å². The van der Waals surface area contributed by atoms with E-state index in [1.165, 1.54) is 5.56 Å². The highest BCUT2D eigenvalue weighted by Gasteiger charge is 2.21. The zero-order chi connectivity index (χ0) is 13.2. The summed E-state index contributed by atoms with van der Waals surface area (Å²) in [6, 6.07) is 10.0. The molecule has 2 aromatic rings. The predicted molar refractivity (Wildman–Crippen MR) is 72.2 cm³/mol. The Kier molecular flexibility index (Phi) is 3.48. The fraction of sp³-hybridized carbons (Fsp3) is 0.429. The zero-order valence-electron chi connectivity index (χ0n) is 11.1. The number of aromatic nitrogens is 3. The van der Waals surface area contributed by atoms with E-state index in [9.17, 15) is 0 Å². The van der Waals surface area contributed by atoms with Crippen molar-refractivity contribution in [3.05, 3.63) is 47.5 Å². The van der Waals surface area contributed by atoms with Crippen LogP contribution in [0.15, 0.2) is 30.3 Å². The van der Waals surface area contributed by atoms with Crippen LogP contribution < -0.4 is 5.73 Å². The largest absolute Gasteiger partial charge is 0.321 e. The van der Waals surface area contributed by atoms with Crippen LogP contribution in [0.3, 0.4) is 0 Å². The molecule has 4 heteroatoms. The predicted octanol–water partition coefficient (Wildman–Crippen LogP) is 2.34. The highest BCUT2D eigenvalue weighted by atomic mass is 15.2. The zero-order valence-corrected chi connectivity index (χ0v) is 11.1. The van der Waals surface area contributed by atoms with Gasteiger partial charge in [0, 0.05) is 5.41 Å². The molecule has 0 aliphatic carbocycles. The molecule has 1 atom stereocenters. The van der Waals surface area contributed by atoms with E-state index in [1.54, 1.807) is 0 Å². The van der Waals surface area contributed by atoms with Crippen LogP contribution in [0, 0.1) is 0 Å². The lowest BCUT2D eigenvalue weighted by molar-refractivity contribution is 0.546. The van der Waals surface area contributed by atoms with E-state index in [1.807, 2.05) is 18.2 Å². The number of H-pyrrole nitrogens is 1. The van der Waals surface area contributed by atoms with E-state index in [2.05, 4.69) is 48.1 Å². The number of hydrogen-bond donors (Lipinski definition) is 2. The number of nitrogens with two attached hydrogens (primary N) is 1. The third kappa shape index (κ3) is 2.96. The van der Waals surface area contributed by atoms with Crippen molar-refractivity contribution in [3.8, 4) is 0 Å². The Morgan fingerprint density at radius 3 is 2.44 bits per heavy atom. The molecule has 18 heavy (non-hydrogen) atoms. The van der Waals surface area contributed by atoms with Gasteiger partial charge >= 0.3 is 0 Å². The van der Waals surface area contributed by atoms with Crippen molar-refractivity contribution < 1.29 is 0 Å². The van der Waals surface area contributed by atoms with Crippen LogP contribution in [0.5, 0.6) is 0 Å². The summed E-state index contributed by atoms with van der Waals surface area (Å²) in [6.07, 6.45) is 0.764. The minimum atomic E-state index is -0.143. The summed E-state index contributed by atoms with van der Waals surface area (Å²) in [5.74, 6) is 1.56. The number of hydrogen-bond acceptors (Lipinski definition) is 3. The Morgan fingerprint density at radius 2 is 1.89 bits per heavy atom. The second kappa shape index (κ2) is 4.90. The number of aromatic amines is 1. The lowest BCUT2D eigenvalue weighted by Crippen LogP contribution is -2.16. The summed E-state index contributed by atoms with van der Waals surface area (Å²) in [6.45, 7) is 6.26. The number of nitrogens with one attached hydrogen (secondary N) is 1. The van der Waals surface area contributed by atoms with E-state index in [4.69, 9.17) is 5.73 Å². The average molecular weight is 244 g/mol. The summed E-state index contributed by atoms with van der Waals surface area (Å²) >= 11 is 0. The Morgan fingerprint density at radius 1 is 1.22 bits per heavy atom. The lowest BCUT2D eigenvalue weighted by atomic mass is 9.96. The monoisotopic (exact) mass is 244 g/mol. The third-order valence-electron chi connectivity index (χ3n) is 2.82. The number of nitrogens with zero attached hydrogens (tertiary/aromatic N) is 2. The molecule has 0 fully saturated rings. The molecule has 4 nitrogen and oxygen atoms in total. The van der Waals surface area contributed by atoms with Crippen LogP contribution in [0.1, 0.15) is 44.0 Å². The van der Waals surface area contributed by atoms with E-state index >= 15 is 0 Å². The average Bonchev–Trinajstić information content (AvgIpc) is 2.79. The molecule has 0 unspecified atom stereocenters. The summed E-state index contributed by atoms with van der Waals surface area (Å²) in [7, 11) is 0. The molecule has 0 radical (unpaired) electrons. The first-order valence-electron chi connectivity index (χ1n) is 6.19. The fourth-order valence-corrected chi connectivity index (χ4v) is 1.74. The minimum absolute atomic E-state index is 0.0543. The van der Waals surface area contributed by atoms with Gasteiger partial charge in [-0.15, -0.1) is 0 Å². The highest BCUT2D eigenvalue weighted by Crippen LogP contribution is 2.19. The SMILES string of the molecule is CC(C)(C)c1n[nH]c([C@@H](N)Cc2ccccc2)n1. The highest BCUT2D eigenvalue weighted by molar-refractivity contribution is 5.17. The van der Waals surface area contributed by atoms with Gasteiger partial charge in [0.2, 0.25) is 0 Å². The van der Waals surface area contributed by atoms with E-state index in [-0.39, 0.29) is 11.5 Å². The normalized spacial score (nSPS) is 13.6. The van der Waals surface area contributed by atoms with Gasteiger partial charge in [-0.05, 0) is 12.0 Å². The molecular weight excluding hydrogens is 224 g/mol. The summed E-state index contributed by atoms with van der Waals surface area (Å²) in [5, 5.41) is 7.18. The molecule has 0 amide bonds. The number of rotatable bonds is 3. The van der Waals surface area contributed by atoms with E-state index < -0.39 is 0 Å². The van der Waals surface area contributed by atoms with Crippen molar-refractivity contribution in [3.63, 3.8) is 0 Å². The minimum Gasteiger partial charge on any atom is -0.321 e. The molecule has 0 bridgehead atoms. The van der Waals surface area contributed by atoms with E-state index in [0.29, 0.717) is 0 Å². The van der Waals surface area contributed by atoms with Crippen LogP contribution in [-0.4, -0.2) is 15.2 Å². The van der Waals surface area contributed by atoms with Crippen molar-refractivity contribution in [2.45, 2.75) is 38.6 Å². The van der Waals surface area contributed by atoms with Crippen LogP contribution in [0.25, 0.3) is 0 Å². The van der Waals surface area contributed by atoms with Crippen molar-refractivity contribution in [2.24, 2.45) is 5.73 Å². The van der Waals surface area contributed by atoms with Crippen molar-refractivity contribution in [1.82, 2.24) is 15.2 Å². The third-order valence-corrected chi connectivity index (χ3v) is 2.82. The van der Waals surface area contributed by atoms with Crippen LogP contribution >= 0.6 is 0 Å². The quantitative estimate of drug-likeness (QED) is 0.870. The van der Waals surface area contributed by atoms with Gasteiger partial charge in [0.05, 0.1) is 6.04 Å². The van der Waals surface area contributed by atoms with Gasteiger partial charge in [-0.25, -0.2) is 4.98 Å². The van der Waals surface area contributed by atoms with Crippen molar-refractivity contribution in [1.29, 1.82) is 0 Å². The Balaban J connectivity index is 2.10. The van der Waals surface area contributed by atoms with Crippen LogP contribution in [0.2, 0.25) is 0 Å². The topological polar surface area (TPSA) is 67.6 Å². The van der Waals surface area contributed by atoms with Gasteiger partial charge in [0.25, 0.3) is 0 Å². The molecular formula is C14H20N4. The summed E-state index contributed by atoms with van der Waals surface area (Å²) in [5.41, 5.74) is 7.30. The van der Waals surface area contributed by atoms with Gasteiger partial charge < -0.3 is 5.73 Å². The van der Waals surface area contributed by atoms with Crippen molar-refractivity contribution in [2.75, 3.05) is 0 Å². The molecule has 1 heterocycles. The van der Waals surface area contributed by atoms with Gasteiger partial charge in [0.15, 0.2) is 5.82 Å². The standard InChI is InChI=1S/C14H20N4/c1-14(2,3)13-16-12(17-18-13)11(15)9-10-7-5-4-6-8-10/h4-8,11H,9,15H2,1-3H3,(H,16,17,18)/t11-/m0/s1. The molecule has 2 rings (SSSR count). The maximum absolute atomic E-state index is 6.15. The molecule has 0 saturated carbocycles. The molecule has 0 aliphatic rings. The second-order valence-corrected chi connectivity index (χ2v) is 5.59. The maximum atomic E-state index is 6.15. The molecule has 0 saturated heterocycles. The Hall–Kier alpha value is -1.68. The first-order chi connectivity index (χ1) is 8.47. The first-order valence-corrected chi connectivity index (χ1v) is 6.19. The van der Waals surface area contributed by atoms with Gasteiger partial charge in [-0.2, -0.15) is 5.10 Å². The smallest absolute Gasteiger partial charge is 0.156 e.